The molecule has 0 bridgehead atoms. The average molecular weight is 667 g/mol. The number of rotatable bonds is 4. The number of benzene rings is 8. The third kappa shape index (κ3) is 4.22. The van der Waals surface area contributed by atoms with Gasteiger partial charge in [-0.25, -0.2) is 0 Å². The van der Waals surface area contributed by atoms with E-state index in [4.69, 9.17) is 0 Å². The molecule has 11 rings (SSSR count). The van der Waals surface area contributed by atoms with Gasteiger partial charge in [0.25, 0.3) is 0 Å². The van der Waals surface area contributed by atoms with Gasteiger partial charge in [0.1, 0.15) is 0 Å². The van der Waals surface area contributed by atoms with Gasteiger partial charge in [0, 0.05) is 47.4 Å². The molecule has 3 aromatic heterocycles. The molecule has 0 saturated carbocycles. The van der Waals surface area contributed by atoms with E-state index in [1.807, 2.05) is 11.3 Å². The summed E-state index contributed by atoms with van der Waals surface area (Å²) in [5, 5.41) is 7.66. The van der Waals surface area contributed by atoms with Crippen LogP contribution >= 0.6 is 11.3 Å². The van der Waals surface area contributed by atoms with Crippen LogP contribution in [0.2, 0.25) is 0 Å². The predicted octanol–water partition coefficient (Wildman–Crippen LogP) is 13.6. The lowest BCUT2D eigenvalue weighted by Crippen LogP contribution is -1.97. The monoisotopic (exact) mass is 666 g/mol. The predicted molar refractivity (Wildman–Crippen MR) is 219 cm³/mol. The number of fused-ring (bicyclic) bond motifs is 9. The number of nitrogens with zero attached hydrogens (tertiary/aromatic N) is 2. The lowest BCUT2D eigenvalue weighted by atomic mass is 9.96. The summed E-state index contributed by atoms with van der Waals surface area (Å²) in [5.74, 6) is 0. The van der Waals surface area contributed by atoms with E-state index in [9.17, 15) is 0 Å². The van der Waals surface area contributed by atoms with E-state index in [0.717, 1.165) is 5.69 Å². The molecule has 3 heterocycles. The summed E-state index contributed by atoms with van der Waals surface area (Å²) in [5.41, 5.74) is 12.2. The summed E-state index contributed by atoms with van der Waals surface area (Å²) >= 11 is 1.88. The van der Waals surface area contributed by atoms with Crippen molar-refractivity contribution >= 4 is 75.1 Å². The van der Waals surface area contributed by atoms with Gasteiger partial charge in [-0.3, -0.25) is 0 Å². The van der Waals surface area contributed by atoms with Crippen molar-refractivity contribution in [1.29, 1.82) is 0 Å². The Morgan fingerprint density at radius 1 is 0.333 bits per heavy atom. The van der Waals surface area contributed by atoms with Gasteiger partial charge in [-0.2, -0.15) is 0 Å². The maximum Gasteiger partial charge on any atom is 0.0562 e. The first-order valence-corrected chi connectivity index (χ1v) is 18.3. The molecule has 11 aromatic rings. The van der Waals surface area contributed by atoms with Crippen molar-refractivity contribution in [2.75, 3.05) is 0 Å². The molecule has 0 N–H and O–H groups in total. The Morgan fingerprint density at radius 2 is 0.863 bits per heavy atom. The average Bonchev–Trinajstić information content (AvgIpc) is 3.86. The van der Waals surface area contributed by atoms with E-state index in [-0.39, 0.29) is 0 Å². The van der Waals surface area contributed by atoms with E-state index in [0.29, 0.717) is 0 Å². The zero-order valence-corrected chi connectivity index (χ0v) is 28.4. The van der Waals surface area contributed by atoms with Crippen LogP contribution in [-0.2, 0) is 0 Å². The molecular weight excluding hydrogens is 637 g/mol. The first-order chi connectivity index (χ1) is 25.3. The van der Waals surface area contributed by atoms with Crippen molar-refractivity contribution in [2.24, 2.45) is 0 Å². The number of para-hydroxylation sites is 3. The highest BCUT2D eigenvalue weighted by Crippen LogP contribution is 2.45. The standard InChI is InChI=1S/C48H30N2S/c1-2-12-31(13-3-1)32-24-26-33(27-25-32)35-17-10-22-45-47(35)48-43(21-11-23-46(48)51-45)50-42-20-9-6-16-38(42)39-29-28-34(30-44(39)50)49-40-18-7-4-14-36(40)37-15-5-8-19-41(37)49/h1-30H. The molecule has 0 radical (unpaired) electrons. The maximum absolute atomic E-state index is 2.51. The lowest BCUT2D eigenvalue weighted by Gasteiger charge is -2.13. The minimum atomic E-state index is 1.16. The molecule has 0 saturated heterocycles. The Kier molecular flexibility index (Phi) is 6.16. The number of aromatic nitrogens is 2. The van der Waals surface area contributed by atoms with Crippen LogP contribution < -0.4 is 0 Å². The normalized spacial score (nSPS) is 11.9. The third-order valence-corrected chi connectivity index (χ3v) is 11.7. The Bertz CT molecular complexity index is 3070. The van der Waals surface area contributed by atoms with Crippen LogP contribution in [0.3, 0.4) is 0 Å². The Labute approximate surface area is 298 Å². The molecule has 0 atom stereocenters. The first kappa shape index (κ1) is 28.4. The summed E-state index contributed by atoms with van der Waals surface area (Å²) < 4.78 is 7.52. The summed E-state index contributed by atoms with van der Waals surface area (Å²) in [6, 6.07) is 66.6. The van der Waals surface area contributed by atoms with Crippen molar-refractivity contribution in [2.45, 2.75) is 0 Å². The molecule has 0 aliphatic carbocycles. The Balaban J connectivity index is 1.19. The summed E-state index contributed by atoms with van der Waals surface area (Å²) in [4.78, 5) is 0. The topological polar surface area (TPSA) is 9.86 Å². The molecule has 0 amide bonds. The van der Waals surface area contributed by atoms with Crippen LogP contribution in [0.15, 0.2) is 182 Å². The second kappa shape index (κ2) is 11.0. The fourth-order valence-electron chi connectivity index (χ4n) is 8.31. The van der Waals surface area contributed by atoms with Crippen LogP contribution in [0.25, 0.3) is 97.4 Å². The van der Waals surface area contributed by atoms with Crippen molar-refractivity contribution in [3.8, 4) is 33.6 Å². The van der Waals surface area contributed by atoms with Crippen molar-refractivity contribution in [3.63, 3.8) is 0 Å². The maximum atomic E-state index is 2.51. The molecule has 238 valence electrons. The smallest absolute Gasteiger partial charge is 0.0562 e. The van der Waals surface area contributed by atoms with Gasteiger partial charge in [-0.1, -0.05) is 133 Å². The zero-order chi connectivity index (χ0) is 33.5. The summed E-state index contributed by atoms with van der Waals surface area (Å²) in [6.07, 6.45) is 0. The van der Waals surface area contributed by atoms with Crippen LogP contribution in [0, 0.1) is 0 Å². The van der Waals surface area contributed by atoms with Crippen LogP contribution in [-0.4, -0.2) is 9.13 Å². The molecule has 2 nitrogen and oxygen atoms in total. The molecule has 0 spiro atoms. The highest BCUT2D eigenvalue weighted by atomic mass is 32.1. The third-order valence-electron chi connectivity index (χ3n) is 10.5. The van der Waals surface area contributed by atoms with Crippen LogP contribution in [0.1, 0.15) is 0 Å². The Hall–Kier alpha value is -6.42. The van der Waals surface area contributed by atoms with Crippen molar-refractivity contribution < 1.29 is 0 Å². The Morgan fingerprint density at radius 3 is 1.55 bits per heavy atom. The van der Waals surface area contributed by atoms with Gasteiger partial charge in [0.15, 0.2) is 0 Å². The second-order valence-corrected chi connectivity index (χ2v) is 14.4. The van der Waals surface area contributed by atoms with Gasteiger partial charge in [0.05, 0.1) is 27.8 Å². The lowest BCUT2D eigenvalue weighted by molar-refractivity contribution is 1.16. The van der Waals surface area contributed by atoms with Gasteiger partial charge >= 0.3 is 0 Å². The van der Waals surface area contributed by atoms with Gasteiger partial charge < -0.3 is 9.13 Å². The highest BCUT2D eigenvalue weighted by Gasteiger charge is 2.20. The van der Waals surface area contributed by atoms with Crippen molar-refractivity contribution in [3.05, 3.63) is 182 Å². The molecule has 0 aliphatic rings. The fraction of sp³-hybridized carbons (Fsp3) is 0. The highest BCUT2D eigenvalue weighted by molar-refractivity contribution is 7.26. The summed E-state index contributed by atoms with van der Waals surface area (Å²) in [6.45, 7) is 0. The quantitative estimate of drug-likeness (QED) is 0.177. The first-order valence-electron chi connectivity index (χ1n) is 17.4. The van der Waals surface area contributed by atoms with E-state index in [1.165, 1.54) is 91.7 Å². The molecule has 3 heteroatoms. The molecule has 0 fully saturated rings. The largest absolute Gasteiger partial charge is 0.309 e. The number of thiophene rings is 1. The minimum absolute atomic E-state index is 1.16. The van der Waals surface area contributed by atoms with Gasteiger partial charge in [0.2, 0.25) is 0 Å². The zero-order valence-electron chi connectivity index (χ0n) is 27.6. The summed E-state index contributed by atoms with van der Waals surface area (Å²) in [7, 11) is 0. The van der Waals surface area contributed by atoms with E-state index in [1.54, 1.807) is 0 Å². The van der Waals surface area contributed by atoms with E-state index >= 15 is 0 Å². The van der Waals surface area contributed by atoms with Crippen molar-refractivity contribution in [1.82, 2.24) is 9.13 Å². The van der Waals surface area contributed by atoms with E-state index in [2.05, 4.69) is 191 Å². The molecular formula is C48H30N2S. The fourth-order valence-corrected chi connectivity index (χ4v) is 9.46. The molecule has 0 unspecified atom stereocenters. The molecule has 0 aliphatic heterocycles. The van der Waals surface area contributed by atoms with Gasteiger partial charge in [-0.15, -0.1) is 11.3 Å². The molecule has 51 heavy (non-hydrogen) atoms. The molecule has 8 aromatic carbocycles. The van der Waals surface area contributed by atoms with Crippen LogP contribution in [0.5, 0.6) is 0 Å². The minimum Gasteiger partial charge on any atom is -0.309 e. The SMILES string of the molecule is c1ccc(-c2ccc(-c3cccc4sc5cccc(-n6c7ccccc7c7ccc(-n8c9ccccc9c9ccccc98)cc76)c5c34)cc2)cc1. The van der Waals surface area contributed by atoms with Crippen LogP contribution in [0.4, 0.5) is 0 Å². The van der Waals surface area contributed by atoms with E-state index < -0.39 is 0 Å². The van der Waals surface area contributed by atoms with Gasteiger partial charge in [-0.05, 0) is 70.8 Å². The number of hydrogen-bond acceptors (Lipinski definition) is 1. The number of hydrogen-bond donors (Lipinski definition) is 0. The second-order valence-electron chi connectivity index (χ2n) is 13.3.